The van der Waals surface area contributed by atoms with Crippen LogP contribution in [0, 0.1) is 11.8 Å². The lowest BCUT2D eigenvalue weighted by atomic mass is 10.2. The first-order valence-corrected chi connectivity index (χ1v) is 7.97. The molecule has 8 heteroatoms. The minimum absolute atomic E-state index is 0. The normalized spacial score (nSPS) is 10.5. The van der Waals surface area contributed by atoms with Crippen LogP contribution in [0.25, 0.3) is 5.69 Å². The predicted molar refractivity (Wildman–Crippen MR) is 98.5 cm³/mol. The van der Waals surface area contributed by atoms with E-state index in [1.165, 1.54) is 43.0 Å². The number of ether oxygens (including phenoxy) is 3. The summed E-state index contributed by atoms with van der Waals surface area (Å²) in [5, 5.41) is 0. The van der Waals surface area contributed by atoms with E-state index in [9.17, 15) is 18.0 Å². The second-order valence-electron chi connectivity index (χ2n) is 5.32. The fourth-order valence-corrected chi connectivity index (χ4v) is 2.35. The lowest BCUT2D eigenvalue weighted by molar-refractivity contribution is -0.137. The summed E-state index contributed by atoms with van der Waals surface area (Å²) in [4.78, 5) is 12.0. The van der Waals surface area contributed by atoms with Crippen LogP contribution in [0.4, 0.5) is 13.2 Å². The molecule has 0 bridgehead atoms. The molecule has 2 aromatic rings. The summed E-state index contributed by atoms with van der Waals surface area (Å²) in [5.41, 5.74) is -0.470. The molecule has 5 nitrogen and oxygen atoms in total. The molecular formula is C20H22F3NO4. The van der Waals surface area contributed by atoms with E-state index < -0.39 is 17.7 Å². The van der Waals surface area contributed by atoms with Gasteiger partial charge in [-0.3, -0.25) is 0 Å². The third kappa shape index (κ3) is 5.30. The van der Waals surface area contributed by atoms with Gasteiger partial charge in [0.2, 0.25) is 0 Å². The van der Waals surface area contributed by atoms with Crippen molar-refractivity contribution in [2.24, 2.45) is 0 Å². The van der Waals surface area contributed by atoms with Crippen LogP contribution in [0.2, 0.25) is 0 Å². The Balaban J connectivity index is 0.00000392. The van der Waals surface area contributed by atoms with Gasteiger partial charge in [-0.2, -0.15) is 13.2 Å². The molecule has 0 saturated heterocycles. The summed E-state index contributed by atoms with van der Waals surface area (Å²) >= 11 is 0. The summed E-state index contributed by atoms with van der Waals surface area (Å²) in [6, 6.07) is 4.36. The maximum Gasteiger partial charge on any atom is 0.419 e. The Morgan fingerprint density at radius 3 is 2.54 bits per heavy atom. The molecule has 2 rings (SSSR count). The summed E-state index contributed by atoms with van der Waals surface area (Å²) in [7, 11) is 1.41. The van der Waals surface area contributed by atoms with Gasteiger partial charge in [0.05, 0.1) is 17.7 Å². The van der Waals surface area contributed by atoms with Crippen LogP contribution in [0.3, 0.4) is 0 Å². The number of hydrogen-bond acceptors (Lipinski definition) is 4. The van der Waals surface area contributed by atoms with Gasteiger partial charge in [-0.05, 0) is 26.0 Å². The molecule has 0 N–H and O–H groups in total. The number of nitrogens with zero attached hydrogens (tertiary/aromatic N) is 1. The van der Waals surface area contributed by atoms with Crippen LogP contribution in [0.1, 0.15) is 42.8 Å². The molecule has 1 aromatic heterocycles. The van der Waals surface area contributed by atoms with Gasteiger partial charge in [-0.25, -0.2) is 4.79 Å². The average Bonchev–Trinajstić information content (AvgIpc) is 3.04. The molecule has 0 aliphatic rings. The zero-order chi connectivity index (χ0) is 20.0. The third-order valence-electron chi connectivity index (χ3n) is 3.48. The first-order chi connectivity index (χ1) is 12.8. The Morgan fingerprint density at radius 2 is 1.96 bits per heavy atom. The Bertz CT molecular complexity index is 876. The van der Waals surface area contributed by atoms with Crippen molar-refractivity contribution in [3.8, 4) is 23.3 Å². The van der Waals surface area contributed by atoms with E-state index in [0.717, 1.165) is 6.20 Å². The Kier molecular flexibility index (Phi) is 8.14. The molecule has 1 heterocycles. The number of rotatable bonds is 6. The summed E-state index contributed by atoms with van der Waals surface area (Å²) < 4.78 is 56.1. The number of benzene rings is 1. The molecular weight excluding hydrogens is 375 g/mol. The van der Waals surface area contributed by atoms with E-state index in [1.54, 1.807) is 6.92 Å². The van der Waals surface area contributed by atoms with Gasteiger partial charge in [-0.15, -0.1) is 5.92 Å². The second kappa shape index (κ2) is 9.85. The van der Waals surface area contributed by atoms with Crippen LogP contribution in [-0.4, -0.2) is 31.0 Å². The molecule has 0 spiro atoms. The minimum Gasteiger partial charge on any atom is -0.467 e. The summed E-state index contributed by atoms with van der Waals surface area (Å²) in [5.74, 6) is 4.46. The van der Waals surface area contributed by atoms with Crippen molar-refractivity contribution in [2.75, 3.05) is 20.5 Å². The molecule has 0 fully saturated rings. The highest BCUT2D eigenvalue weighted by atomic mass is 19.4. The minimum atomic E-state index is -4.54. The predicted octanol–water partition coefficient (Wildman–Crippen LogP) is 4.66. The number of alkyl halides is 3. The molecule has 0 unspecified atom stereocenters. The third-order valence-corrected chi connectivity index (χ3v) is 3.48. The van der Waals surface area contributed by atoms with Crippen molar-refractivity contribution in [2.45, 2.75) is 27.5 Å². The van der Waals surface area contributed by atoms with E-state index in [1.807, 2.05) is 0 Å². The molecule has 0 amide bonds. The number of esters is 1. The van der Waals surface area contributed by atoms with E-state index in [0.29, 0.717) is 5.69 Å². The zero-order valence-electron chi connectivity index (χ0n) is 15.0. The van der Waals surface area contributed by atoms with Crippen LogP contribution < -0.4 is 4.74 Å². The van der Waals surface area contributed by atoms with Crippen LogP contribution in [0.5, 0.6) is 5.75 Å². The molecule has 0 radical (unpaired) electrons. The fourth-order valence-electron chi connectivity index (χ4n) is 2.35. The monoisotopic (exact) mass is 397 g/mol. The van der Waals surface area contributed by atoms with Gasteiger partial charge in [-0.1, -0.05) is 13.3 Å². The quantitative estimate of drug-likeness (QED) is 0.404. The van der Waals surface area contributed by atoms with Crippen LogP contribution in [0.15, 0.2) is 30.6 Å². The second-order valence-corrected chi connectivity index (χ2v) is 5.32. The molecule has 0 atom stereocenters. The lowest BCUT2D eigenvalue weighted by Crippen LogP contribution is -2.10. The first kappa shape index (κ1) is 23.1. The van der Waals surface area contributed by atoms with E-state index in [-0.39, 0.29) is 37.7 Å². The number of methoxy groups -OCH3 is 1. The van der Waals surface area contributed by atoms with E-state index in [2.05, 4.69) is 11.8 Å². The zero-order valence-corrected chi connectivity index (χ0v) is 15.0. The number of carbonyl (C=O) groups is 1. The van der Waals surface area contributed by atoms with Crippen molar-refractivity contribution in [1.82, 2.24) is 4.57 Å². The topological polar surface area (TPSA) is 49.7 Å². The molecule has 152 valence electrons. The van der Waals surface area contributed by atoms with Crippen LogP contribution in [-0.2, 0) is 15.7 Å². The van der Waals surface area contributed by atoms with E-state index in [4.69, 9.17) is 14.2 Å². The van der Waals surface area contributed by atoms with Gasteiger partial charge < -0.3 is 18.8 Å². The SMILES string of the molecule is C.CC#Cc1cn(-c2ccc(C(=O)OCC)c(OCOC)c2)cc1C(F)(F)F. The fraction of sp³-hybridized carbons (Fsp3) is 0.350. The van der Waals surface area contributed by atoms with Crippen molar-refractivity contribution in [3.05, 3.63) is 47.3 Å². The van der Waals surface area contributed by atoms with E-state index >= 15 is 0 Å². The molecule has 28 heavy (non-hydrogen) atoms. The number of carbonyl (C=O) groups excluding carboxylic acids is 1. The van der Waals surface area contributed by atoms with Gasteiger partial charge in [0.1, 0.15) is 11.3 Å². The largest absolute Gasteiger partial charge is 0.467 e. The maximum absolute atomic E-state index is 13.2. The van der Waals surface area contributed by atoms with Crippen molar-refractivity contribution in [3.63, 3.8) is 0 Å². The highest BCUT2D eigenvalue weighted by Gasteiger charge is 2.34. The lowest BCUT2D eigenvalue weighted by Gasteiger charge is -2.12. The van der Waals surface area contributed by atoms with Gasteiger partial charge in [0.25, 0.3) is 0 Å². The standard InChI is InChI=1S/C19H18F3NO4.CH4/c1-4-6-13-10-23(11-16(13)19(20,21)22)14-7-8-15(18(24)26-5-2)17(9-14)27-12-25-3;/h7-11H,5,12H2,1-3H3;1H4. The van der Waals surface area contributed by atoms with Gasteiger partial charge in [0, 0.05) is 31.3 Å². The summed E-state index contributed by atoms with van der Waals surface area (Å²) in [6.07, 6.45) is -2.32. The molecule has 1 aromatic carbocycles. The van der Waals surface area contributed by atoms with Crippen molar-refractivity contribution in [1.29, 1.82) is 0 Å². The maximum atomic E-state index is 13.2. The first-order valence-electron chi connectivity index (χ1n) is 7.97. The van der Waals surface area contributed by atoms with Gasteiger partial charge >= 0.3 is 12.1 Å². The summed E-state index contributed by atoms with van der Waals surface area (Å²) in [6.45, 7) is 3.16. The smallest absolute Gasteiger partial charge is 0.419 e. The molecule has 0 aliphatic carbocycles. The number of hydrogen-bond donors (Lipinski definition) is 0. The highest BCUT2D eigenvalue weighted by Crippen LogP contribution is 2.34. The molecule has 0 aliphatic heterocycles. The van der Waals surface area contributed by atoms with Crippen molar-refractivity contribution >= 4 is 5.97 Å². The Morgan fingerprint density at radius 1 is 1.25 bits per heavy atom. The number of aromatic nitrogens is 1. The van der Waals surface area contributed by atoms with Gasteiger partial charge in [0.15, 0.2) is 6.79 Å². The average molecular weight is 397 g/mol. The van der Waals surface area contributed by atoms with Crippen LogP contribution >= 0.6 is 0 Å². The Hall–Kier alpha value is -2.92. The Labute approximate surface area is 162 Å². The molecule has 0 saturated carbocycles. The highest BCUT2D eigenvalue weighted by molar-refractivity contribution is 5.92. The van der Waals surface area contributed by atoms with Crippen molar-refractivity contribution < 1.29 is 32.2 Å². The number of halogens is 3.